The van der Waals surface area contributed by atoms with Gasteiger partial charge in [0, 0.05) is 56.5 Å². The van der Waals surface area contributed by atoms with Gasteiger partial charge in [-0.2, -0.15) is 0 Å². The van der Waals surface area contributed by atoms with E-state index >= 15 is 0 Å². The molecule has 0 unspecified atom stereocenters. The molecule has 0 fully saturated rings. The monoisotopic (exact) mass is 288 g/mol. The maximum Gasteiger partial charge on any atom is 0.145 e. The number of fused-ring (bicyclic) bond motifs is 1. The normalized spacial score (nSPS) is 15.5. The van der Waals surface area contributed by atoms with Gasteiger partial charge in [0.1, 0.15) is 11.6 Å². The third kappa shape index (κ3) is 2.70. The first kappa shape index (κ1) is 14.2. The predicted octanol–water partition coefficient (Wildman–Crippen LogP) is 2.64. The summed E-state index contributed by atoms with van der Waals surface area (Å²) >= 11 is 0. The lowest BCUT2D eigenvalue weighted by Gasteiger charge is -2.26. The molecule has 5 heteroatoms. The topological polar surface area (TPSA) is 34.0 Å². The van der Waals surface area contributed by atoms with Crippen LogP contribution in [0.1, 0.15) is 42.5 Å². The lowest BCUT2D eigenvalue weighted by atomic mass is 10.1. The fourth-order valence-corrected chi connectivity index (χ4v) is 3.03. The summed E-state index contributed by atoms with van der Waals surface area (Å²) in [7, 11) is 2.10. The van der Waals surface area contributed by atoms with E-state index in [4.69, 9.17) is 4.98 Å². The Kier molecular flexibility index (Phi) is 3.76. The first-order valence-electron chi connectivity index (χ1n) is 7.41. The third-order valence-corrected chi connectivity index (χ3v) is 4.14. The minimum atomic E-state index is -0.229. The SMILES string of the molecule is CC(C)c1nc2c(n1C)CCN(Cc1ccncc1F)C2. The second kappa shape index (κ2) is 5.56. The average molecular weight is 288 g/mol. The summed E-state index contributed by atoms with van der Waals surface area (Å²) in [5, 5.41) is 0. The van der Waals surface area contributed by atoms with Gasteiger partial charge in [-0.1, -0.05) is 13.8 Å². The Morgan fingerprint density at radius 2 is 2.19 bits per heavy atom. The van der Waals surface area contributed by atoms with Gasteiger partial charge in [0.05, 0.1) is 11.9 Å². The molecular weight excluding hydrogens is 267 g/mol. The number of hydrogen-bond acceptors (Lipinski definition) is 3. The second-order valence-corrected chi connectivity index (χ2v) is 6.00. The van der Waals surface area contributed by atoms with Crippen molar-refractivity contribution in [2.24, 2.45) is 7.05 Å². The zero-order chi connectivity index (χ0) is 15.0. The van der Waals surface area contributed by atoms with Gasteiger partial charge in [0.25, 0.3) is 0 Å². The molecular formula is C16H21FN4. The summed E-state index contributed by atoms with van der Waals surface area (Å²) in [6.07, 6.45) is 3.89. The highest BCUT2D eigenvalue weighted by atomic mass is 19.1. The molecule has 2 aromatic rings. The van der Waals surface area contributed by atoms with Crippen LogP contribution in [0.15, 0.2) is 18.5 Å². The molecule has 2 aromatic heterocycles. The molecule has 3 heterocycles. The fourth-order valence-electron chi connectivity index (χ4n) is 3.03. The highest BCUT2D eigenvalue weighted by molar-refractivity contribution is 5.22. The van der Waals surface area contributed by atoms with Crippen molar-refractivity contribution >= 4 is 0 Å². The Morgan fingerprint density at radius 1 is 1.38 bits per heavy atom. The van der Waals surface area contributed by atoms with Crippen LogP contribution in [0.25, 0.3) is 0 Å². The van der Waals surface area contributed by atoms with Gasteiger partial charge >= 0.3 is 0 Å². The standard InChI is InChI=1S/C16H21FN4/c1-11(2)16-19-14-10-21(7-5-15(14)20(16)3)9-12-4-6-18-8-13(12)17/h4,6,8,11H,5,7,9-10H2,1-3H3. The molecule has 0 spiro atoms. The Hall–Kier alpha value is -1.75. The summed E-state index contributed by atoms with van der Waals surface area (Å²) in [5.41, 5.74) is 3.17. The minimum Gasteiger partial charge on any atom is -0.335 e. The van der Waals surface area contributed by atoms with Crippen LogP contribution in [0.3, 0.4) is 0 Å². The van der Waals surface area contributed by atoms with Gasteiger partial charge in [-0.05, 0) is 6.07 Å². The Balaban J connectivity index is 1.79. The van der Waals surface area contributed by atoms with Crippen molar-refractivity contribution in [2.45, 2.75) is 39.3 Å². The van der Waals surface area contributed by atoms with Gasteiger partial charge in [-0.25, -0.2) is 9.37 Å². The Labute approximate surface area is 124 Å². The zero-order valence-electron chi connectivity index (χ0n) is 12.8. The Morgan fingerprint density at radius 3 is 2.90 bits per heavy atom. The van der Waals surface area contributed by atoms with Gasteiger partial charge in [0.15, 0.2) is 0 Å². The summed E-state index contributed by atoms with van der Waals surface area (Å²) in [4.78, 5) is 10.8. The van der Waals surface area contributed by atoms with Crippen molar-refractivity contribution in [3.8, 4) is 0 Å². The van der Waals surface area contributed by atoms with E-state index in [-0.39, 0.29) is 5.82 Å². The molecule has 0 aromatic carbocycles. The number of hydrogen-bond donors (Lipinski definition) is 0. The predicted molar refractivity (Wildman–Crippen MR) is 79.3 cm³/mol. The van der Waals surface area contributed by atoms with E-state index < -0.39 is 0 Å². The van der Waals surface area contributed by atoms with Crippen LogP contribution < -0.4 is 0 Å². The van der Waals surface area contributed by atoms with Crippen molar-refractivity contribution in [3.63, 3.8) is 0 Å². The molecule has 1 aliphatic rings. The number of imidazole rings is 1. The van der Waals surface area contributed by atoms with Crippen molar-refractivity contribution in [2.75, 3.05) is 6.54 Å². The van der Waals surface area contributed by atoms with Crippen LogP contribution >= 0.6 is 0 Å². The van der Waals surface area contributed by atoms with Crippen molar-refractivity contribution in [3.05, 3.63) is 47.1 Å². The van der Waals surface area contributed by atoms with E-state index in [2.05, 4.69) is 35.3 Å². The zero-order valence-corrected chi connectivity index (χ0v) is 12.8. The molecule has 4 nitrogen and oxygen atoms in total. The number of nitrogens with zero attached hydrogens (tertiary/aromatic N) is 4. The van der Waals surface area contributed by atoms with Crippen LogP contribution in [-0.2, 0) is 26.6 Å². The first-order chi connectivity index (χ1) is 10.1. The quantitative estimate of drug-likeness (QED) is 0.870. The summed E-state index contributed by atoms with van der Waals surface area (Å²) < 4.78 is 15.9. The highest BCUT2D eigenvalue weighted by Gasteiger charge is 2.24. The van der Waals surface area contributed by atoms with Crippen molar-refractivity contribution in [1.82, 2.24) is 19.4 Å². The average Bonchev–Trinajstić information content (AvgIpc) is 2.78. The molecule has 0 radical (unpaired) electrons. The van der Waals surface area contributed by atoms with Gasteiger partial charge in [0.2, 0.25) is 0 Å². The van der Waals surface area contributed by atoms with E-state index in [0.29, 0.717) is 18.0 Å². The fraction of sp³-hybridized carbons (Fsp3) is 0.500. The van der Waals surface area contributed by atoms with Crippen LogP contribution in [-0.4, -0.2) is 26.0 Å². The summed E-state index contributed by atoms with van der Waals surface area (Å²) in [5.74, 6) is 1.33. The van der Waals surface area contributed by atoms with E-state index in [1.165, 1.54) is 11.9 Å². The minimum absolute atomic E-state index is 0.229. The molecule has 0 amide bonds. The summed E-state index contributed by atoms with van der Waals surface area (Å²) in [6, 6.07) is 1.75. The lowest BCUT2D eigenvalue weighted by Crippen LogP contribution is -2.31. The van der Waals surface area contributed by atoms with Crippen LogP contribution in [0, 0.1) is 5.82 Å². The van der Waals surface area contributed by atoms with Gasteiger partial charge < -0.3 is 4.57 Å². The van der Waals surface area contributed by atoms with E-state index in [9.17, 15) is 4.39 Å². The molecule has 0 saturated heterocycles. The highest BCUT2D eigenvalue weighted by Crippen LogP contribution is 2.24. The maximum atomic E-state index is 13.7. The number of rotatable bonds is 3. The van der Waals surface area contributed by atoms with Crippen LogP contribution in [0.2, 0.25) is 0 Å². The van der Waals surface area contributed by atoms with Gasteiger partial charge in [-0.15, -0.1) is 0 Å². The van der Waals surface area contributed by atoms with E-state index in [1.54, 1.807) is 12.3 Å². The molecule has 1 aliphatic heterocycles. The molecule has 0 N–H and O–H groups in total. The Bertz CT molecular complexity index is 648. The van der Waals surface area contributed by atoms with E-state index in [1.807, 2.05) is 0 Å². The lowest BCUT2D eigenvalue weighted by molar-refractivity contribution is 0.237. The molecule has 0 saturated carbocycles. The molecule has 3 rings (SSSR count). The molecule has 112 valence electrons. The number of halogens is 1. The van der Waals surface area contributed by atoms with Crippen LogP contribution in [0.5, 0.6) is 0 Å². The molecule has 0 bridgehead atoms. The van der Waals surface area contributed by atoms with Gasteiger partial charge in [-0.3, -0.25) is 9.88 Å². The number of aromatic nitrogens is 3. The summed E-state index contributed by atoms with van der Waals surface area (Å²) in [6.45, 7) is 6.67. The first-order valence-corrected chi connectivity index (χ1v) is 7.41. The number of pyridine rings is 1. The van der Waals surface area contributed by atoms with Crippen molar-refractivity contribution < 1.29 is 4.39 Å². The maximum absolute atomic E-state index is 13.7. The second-order valence-electron chi connectivity index (χ2n) is 6.00. The van der Waals surface area contributed by atoms with Crippen LogP contribution in [0.4, 0.5) is 4.39 Å². The smallest absolute Gasteiger partial charge is 0.145 e. The van der Waals surface area contributed by atoms with Crippen molar-refractivity contribution in [1.29, 1.82) is 0 Å². The third-order valence-electron chi connectivity index (χ3n) is 4.14. The van der Waals surface area contributed by atoms with E-state index in [0.717, 1.165) is 31.0 Å². The largest absolute Gasteiger partial charge is 0.335 e. The molecule has 0 aliphatic carbocycles. The molecule has 21 heavy (non-hydrogen) atoms. The molecule has 0 atom stereocenters.